The van der Waals surface area contributed by atoms with Gasteiger partial charge in [-0.15, -0.1) is 5.10 Å². The molecule has 0 atom stereocenters. The molecule has 31 heavy (non-hydrogen) atoms. The average Bonchev–Trinajstić information content (AvgIpc) is 3.28. The summed E-state index contributed by atoms with van der Waals surface area (Å²) < 4.78 is 30.3. The van der Waals surface area contributed by atoms with E-state index >= 15 is 0 Å². The number of nitrogens with one attached hydrogen (secondary N) is 1. The summed E-state index contributed by atoms with van der Waals surface area (Å²) in [6.45, 7) is 3.56. The lowest BCUT2D eigenvalue weighted by atomic mass is 10.2. The van der Waals surface area contributed by atoms with E-state index in [-0.39, 0.29) is 28.8 Å². The van der Waals surface area contributed by atoms with Gasteiger partial charge in [-0.25, -0.2) is 13.5 Å². The summed E-state index contributed by atoms with van der Waals surface area (Å²) in [5, 5.41) is 18.1. The standard InChI is InChI=1S/C20H16ClF2N7O/c1-11-18(19(21)29(26-11)10-13-3-5-14(22)6-4-13)20(31)24-17-9-15(7-8-16(17)23)30-12(2)25-27-28-30/h3-9H,10H2,1-2H3,(H,24,31). The van der Waals surface area contributed by atoms with Crippen LogP contribution in [0.5, 0.6) is 0 Å². The van der Waals surface area contributed by atoms with Crippen molar-refractivity contribution >= 4 is 23.2 Å². The summed E-state index contributed by atoms with van der Waals surface area (Å²) in [5.74, 6) is -1.09. The lowest BCUT2D eigenvalue weighted by molar-refractivity contribution is 0.102. The number of tetrazole rings is 1. The average molecular weight is 444 g/mol. The van der Waals surface area contributed by atoms with E-state index in [0.29, 0.717) is 17.2 Å². The largest absolute Gasteiger partial charge is 0.319 e. The number of halogens is 3. The summed E-state index contributed by atoms with van der Waals surface area (Å²) in [4.78, 5) is 12.9. The highest BCUT2D eigenvalue weighted by Crippen LogP contribution is 2.24. The summed E-state index contributed by atoms with van der Waals surface area (Å²) in [6, 6.07) is 9.98. The molecule has 158 valence electrons. The molecule has 2 heterocycles. The number of amides is 1. The van der Waals surface area contributed by atoms with E-state index in [1.54, 1.807) is 26.0 Å². The lowest BCUT2D eigenvalue weighted by Crippen LogP contribution is -2.15. The van der Waals surface area contributed by atoms with Gasteiger partial charge in [0.2, 0.25) is 0 Å². The van der Waals surface area contributed by atoms with Crippen molar-refractivity contribution in [2.75, 3.05) is 5.32 Å². The number of aromatic nitrogens is 6. The SMILES string of the molecule is Cc1nn(Cc2ccc(F)cc2)c(Cl)c1C(=O)Nc1cc(-n2nnnc2C)ccc1F. The number of rotatable bonds is 5. The number of hydrogen-bond donors (Lipinski definition) is 1. The van der Waals surface area contributed by atoms with Crippen LogP contribution in [0, 0.1) is 25.5 Å². The Balaban J connectivity index is 1.60. The van der Waals surface area contributed by atoms with Crippen molar-refractivity contribution in [1.29, 1.82) is 0 Å². The monoisotopic (exact) mass is 443 g/mol. The first-order valence-corrected chi connectivity index (χ1v) is 9.55. The Morgan fingerprint density at radius 2 is 1.87 bits per heavy atom. The van der Waals surface area contributed by atoms with Gasteiger partial charge in [0.05, 0.1) is 29.2 Å². The van der Waals surface area contributed by atoms with Gasteiger partial charge < -0.3 is 5.32 Å². The third-order valence-corrected chi connectivity index (χ3v) is 4.99. The zero-order chi connectivity index (χ0) is 22.1. The molecule has 0 aliphatic carbocycles. The van der Waals surface area contributed by atoms with E-state index in [0.717, 1.165) is 5.56 Å². The van der Waals surface area contributed by atoms with Crippen LogP contribution in [0.4, 0.5) is 14.5 Å². The molecular formula is C20H16ClF2N7O. The van der Waals surface area contributed by atoms with Crippen molar-refractivity contribution < 1.29 is 13.6 Å². The van der Waals surface area contributed by atoms with Gasteiger partial charge in [-0.3, -0.25) is 4.79 Å². The molecule has 4 aromatic rings. The van der Waals surface area contributed by atoms with Crippen molar-refractivity contribution in [2.45, 2.75) is 20.4 Å². The Morgan fingerprint density at radius 3 is 2.55 bits per heavy atom. The number of anilines is 1. The van der Waals surface area contributed by atoms with Gasteiger partial charge in [0, 0.05) is 0 Å². The third-order valence-electron chi connectivity index (χ3n) is 4.61. The van der Waals surface area contributed by atoms with Gasteiger partial charge in [0.1, 0.15) is 16.8 Å². The minimum Gasteiger partial charge on any atom is -0.319 e. The molecule has 0 aliphatic rings. The van der Waals surface area contributed by atoms with Crippen molar-refractivity contribution in [3.8, 4) is 5.69 Å². The first kappa shape index (κ1) is 20.6. The van der Waals surface area contributed by atoms with Crippen LogP contribution in [0.1, 0.15) is 27.4 Å². The molecule has 0 saturated carbocycles. The molecular weight excluding hydrogens is 428 g/mol. The summed E-state index contributed by atoms with van der Waals surface area (Å²) in [6.07, 6.45) is 0. The molecule has 11 heteroatoms. The topological polar surface area (TPSA) is 90.5 Å². The highest BCUT2D eigenvalue weighted by Gasteiger charge is 2.22. The van der Waals surface area contributed by atoms with Gasteiger partial charge in [0.25, 0.3) is 5.91 Å². The first-order valence-electron chi connectivity index (χ1n) is 9.17. The van der Waals surface area contributed by atoms with Crippen LogP contribution in [-0.4, -0.2) is 35.9 Å². The van der Waals surface area contributed by atoms with Crippen LogP contribution in [0.25, 0.3) is 5.69 Å². The number of carbonyl (C=O) groups is 1. The second kappa shape index (κ2) is 8.23. The zero-order valence-corrected chi connectivity index (χ0v) is 17.2. The van der Waals surface area contributed by atoms with E-state index in [4.69, 9.17) is 11.6 Å². The maximum absolute atomic E-state index is 14.4. The van der Waals surface area contributed by atoms with Gasteiger partial charge in [-0.05, 0) is 60.2 Å². The number of benzene rings is 2. The van der Waals surface area contributed by atoms with Crippen LogP contribution in [-0.2, 0) is 6.54 Å². The Labute approximate surface area is 180 Å². The molecule has 0 unspecified atom stereocenters. The lowest BCUT2D eigenvalue weighted by Gasteiger charge is -2.09. The predicted molar refractivity (Wildman–Crippen MR) is 109 cm³/mol. The van der Waals surface area contributed by atoms with Crippen molar-refractivity contribution in [3.63, 3.8) is 0 Å². The summed E-state index contributed by atoms with van der Waals surface area (Å²) in [7, 11) is 0. The van der Waals surface area contributed by atoms with E-state index in [1.807, 2.05) is 0 Å². The van der Waals surface area contributed by atoms with Crippen molar-refractivity contribution in [2.24, 2.45) is 0 Å². The van der Waals surface area contributed by atoms with Crippen LogP contribution in [0.2, 0.25) is 5.15 Å². The predicted octanol–water partition coefficient (Wildman–Crippen LogP) is 3.71. The van der Waals surface area contributed by atoms with Crippen molar-refractivity contribution in [1.82, 2.24) is 30.0 Å². The van der Waals surface area contributed by atoms with E-state index in [2.05, 4.69) is 25.9 Å². The number of nitrogens with zero attached hydrogens (tertiary/aromatic N) is 6. The highest BCUT2D eigenvalue weighted by molar-refractivity contribution is 6.33. The maximum atomic E-state index is 14.4. The third kappa shape index (κ3) is 4.15. The Hall–Kier alpha value is -3.66. The molecule has 8 nitrogen and oxygen atoms in total. The van der Waals surface area contributed by atoms with Gasteiger partial charge in [-0.2, -0.15) is 9.78 Å². The normalized spacial score (nSPS) is 11.0. The fourth-order valence-electron chi connectivity index (χ4n) is 3.07. The molecule has 0 spiro atoms. The van der Waals surface area contributed by atoms with E-state index < -0.39 is 11.7 Å². The molecule has 0 radical (unpaired) electrons. The molecule has 0 aliphatic heterocycles. The van der Waals surface area contributed by atoms with E-state index in [1.165, 1.54) is 39.7 Å². The summed E-state index contributed by atoms with van der Waals surface area (Å²) in [5.41, 5.74) is 1.67. The molecule has 4 rings (SSSR count). The Bertz CT molecular complexity index is 1270. The molecule has 1 N–H and O–H groups in total. The molecule has 2 aromatic heterocycles. The number of aryl methyl sites for hydroxylation is 2. The fourth-order valence-corrected chi connectivity index (χ4v) is 3.39. The molecule has 1 amide bonds. The maximum Gasteiger partial charge on any atom is 0.260 e. The summed E-state index contributed by atoms with van der Waals surface area (Å²) >= 11 is 6.39. The number of carbonyl (C=O) groups excluding carboxylic acids is 1. The Kier molecular flexibility index (Phi) is 5.47. The molecule has 0 bridgehead atoms. The smallest absolute Gasteiger partial charge is 0.260 e. The number of hydrogen-bond acceptors (Lipinski definition) is 5. The minimum atomic E-state index is -0.629. The highest BCUT2D eigenvalue weighted by atomic mass is 35.5. The molecule has 0 fully saturated rings. The second-order valence-electron chi connectivity index (χ2n) is 6.79. The van der Waals surface area contributed by atoms with Gasteiger partial charge in [-0.1, -0.05) is 23.7 Å². The zero-order valence-electron chi connectivity index (χ0n) is 16.5. The quantitative estimate of drug-likeness (QED) is 0.508. The Morgan fingerprint density at radius 1 is 1.13 bits per heavy atom. The fraction of sp³-hybridized carbons (Fsp3) is 0.150. The van der Waals surface area contributed by atoms with Crippen LogP contribution >= 0.6 is 11.6 Å². The van der Waals surface area contributed by atoms with Gasteiger partial charge in [0.15, 0.2) is 5.82 Å². The van der Waals surface area contributed by atoms with Crippen LogP contribution < -0.4 is 5.32 Å². The minimum absolute atomic E-state index is 0.0563. The van der Waals surface area contributed by atoms with Crippen LogP contribution in [0.15, 0.2) is 42.5 Å². The molecule has 2 aromatic carbocycles. The molecule has 0 saturated heterocycles. The van der Waals surface area contributed by atoms with Gasteiger partial charge >= 0.3 is 0 Å². The first-order chi connectivity index (χ1) is 14.8. The second-order valence-corrected chi connectivity index (χ2v) is 7.15. The van der Waals surface area contributed by atoms with E-state index in [9.17, 15) is 13.6 Å². The van der Waals surface area contributed by atoms with Crippen molar-refractivity contribution in [3.05, 3.63) is 81.9 Å². The van der Waals surface area contributed by atoms with Crippen LogP contribution in [0.3, 0.4) is 0 Å².